The Morgan fingerprint density at radius 3 is 2.33 bits per heavy atom. The van der Waals surface area contributed by atoms with Gasteiger partial charge in [-0.25, -0.2) is 13.6 Å². The largest absolute Gasteiger partial charge is 0.371 e. The van der Waals surface area contributed by atoms with Gasteiger partial charge in [0.05, 0.1) is 10.6 Å². The van der Waals surface area contributed by atoms with E-state index < -0.39 is 10.0 Å². The monoisotopic (exact) mass is 383 g/mol. The van der Waals surface area contributed by atoms with E-state index in [2.05, 4.69) is 22.9 Å². The van der Waals surface area contributed by atoms with Gasteiger partial charge in [0.2, 0.25) is 10.0 Å². The van der Waals surface area contributed by atoms with E-state index in [-0.39, 0.29) is 4.90 Å². The number of benzene rings is 2. The van der Waals surface area contributed by atoms with Gasteiger partial charge < -0.3 is 9.88 Å². The molecule has 1 aliphatic rings. The van der Waals surface area contributed by atoms with Crippen molar-refractivity contribution in [1.29, 1.82) is 0 Å². The van der Waals surface area contributed by atoms with Gasteiger partial charge >= 0.3 is 0 Å². The van der Waals surface area contributed by atoms with Crippen LogP contribution >= 0.6 is 0 Å². The normalized spacial score (nSPS) is 15.0. The van der Waals surface area contributed by atoms with Gasteiger partial charge in [0.15, 0.2) is 0 Å². The molecule has 0 bridgehead atoms. The van der Waals surface area contributed by atoms with Crippen LogP contribution in [0.4, 0.5) is 5.69 Å². The second kappa shape index (κ2) is 6.39. The zero-order valence-corrected chi connectivity index (χ0v) is 16.8. The first kappa shape index (κ1) is 18.1. The van der Waals surface area contributed by atoms with Crippen molar-refractivity contribution in [2.45, 2.75) is 38.5 Å². The fourth-order valence-electron chi connectivity index (χ4n) is 4.35. The Bertz CT molecular complexity index is 1140. The fourth-order valence-corrected chi connectivity index (χ4v) is 5.22. The first-order valence-electron chi connectivity index (χ1n) is 9.28. The van der Waals surface area contributed by atoms with Crippen LogP contribution < -0.4 is 10.0 Å². The van der Waals surface area contributed by atoms with Crippen molar-refractivity contribution in [1.82, 2.24) is 4.98 Å². The van der Waals surface area contributed by atoms with Crippen molar-refractivity contribution < 1.29 is 8.42 Å². The lowest BCUT2D eigenvalue weighted by molar-refractivity contribution is 0.597. The number of fused-ring (bicyclic) bond motifs is 1. The van der Waals surface area contributed by atoms with Crippen LogP contribution in [-0.4, -0.2) is 26.5 Å². The van der Waals surface area contributed by atoms with Crippen molar-refractivity contribution in [2.75, 3.05) is 18.0 Å². The molecule has 4 rings (SSSR count). The second-order valence-corrected chi connectivity index (χ2v) is 8.98. The van der Waals surface area contributed by atoms with Gasteiger partial charge in [-0.05, 0) is 62.4 Å². The molecule has 1 saturated heterocycles. The first-order chi connectivity index (χ1) is 12.8. The summed E-state index contributed by atoms with van der Waals surface area (Å²) in [5.74, 6) is 0. The molecule has 0 radical (unpaired) electrons. The van der Waals surface area contributed by atoms with Crippen LogP contribution in [0.1, 0.15) is 29.5 Å². The number of sulfonamides is 1. The Morgan fingerprint density at radius 1 is 1.04 bits per heavy atom. The summed E-state index contributed by atoms with van der Waals surface area (Å²) in [6.07, 6.45) is 2.31. The van der Waals surface area contributed by atoms with Gasteiger partial charge in [-0.15, -0.1) is 0 Å². The number of aromatic nitrogens is 1. The van der Waals surface area contributed by atoms with E-state index in [4.69, 9.17) is 5.14 Å². The number of nitrogens with zero attached hydrogens (tertiary/aromatic N) is 1. The molecule has 1 aromatic heterocycles. The van der Waals surface area contributed by atoms with E-state index in [1.54, 1.807) is 6.07 Å². The highest BCUT2D eigenvalue weighted by molar-refractivity contribution is 7.89. The molecule has 0 spiro atoms. The summed E-state index contributed by atoms with van der Waals surface area (Å²) in [4.78, 5) is 6.10. The number of nitrogens with one attached hydrogen (secondary N) is 1. The van der Waals surface area contributed by atoms with Crippen molar-refractivity contribution in [3.05, 3.63) is 47.0 Å². The summed E-state index contributed by atoms with van der Waals surface area (Å²) in [6, 6.07) is 9.88. The number of aromatic amines is 1. The molecular formula is C21H25N3O2S. The highest BCUT2D eigenvalue weighted by atomic mass is 32.2. The molecule has 1 aliphatic heterocycles. The maximum atomic E-state index is 12.2. The summed E-state index contributed by atoms with van der Waals surface area (Å²) in [7, 11) is -3.80. The zero-order chi connectivity index (χ0) is 19.3. The van der Waals surface area contributed by atoms with E-state index in [0.29, 0.717) is 5.56 Å². The van der Waals surface area contributed by atoms with Crippen LogP contribution in [0.25, 0.3) is 22.2 Å². The average molecular weight is 384 g/mol. The topological polar surface area (TPSA) is 79.2 Å². The third kappa shape index (κ3) is 2.93. The minimum Gasteiger partial charge on any atom is -0.371 e. The molecule has 142 valence electrons. The quantitative estimate of drug-likeness (QED) is 0.717. The summed E-state index contributed by atoms with van der Waals surface area (Å²) in [5.41, 5.74) is 6.88. The number of hydrogen-bond acceptors (Lipinski definition) is 3. The third-order valence-corrected chi connectivity index (χ3v) is 6.68. The predicted octanol–water partition coefficient (Wildman–Crippen LogP) is 4.01. The SMILES string of the molecule is Cc1cc(S(N)(=O)=O)c(C)c(-c2[nH]c3ccccc3c2C)c1N1CCCC1. The van der Waals surface area contributed by atoms with Crippen molar-refractivity contribution in [3.63, 3.8) is 0 Å². The first-order valence-corrected chi connectivity index (χ1v) is 10.8. The molecule has 2 aromatic carbocycles. The van der Waals surface area contributed by atoms with Gasteiger partial charge in [-0.1, -0.05) is 18.2 Å². The van der Waals surface area contributed by atoms with Gasteiger partial charge in [-0.2, -0.15) is 0 Å². The molecule has 6 heteroatoms. The number of hydrogen-bond donors (Lipinski definition) is 2. The molecule has 2 heterocycles. The summed E-state index contributed by atoms with van der Waals surface area (Å²) >= 11 is 0. The van der Waals surface area contributed by atoms with Crippen LogP contribution in [0.3, 0.4) is 0 Å². The molecule has 3 N–H and O–H groups in total. The summed E-state index contributed by atoms with van der Waals surface area (Å²) in [5, 5.41) is 6.69. The Morgan fingerprint density at radius 2 is 1.70 bits per heavy atom. The lowest BCUT2D eigenvalue weighted by Gasteiger charge is -2.26. The number of H-pyrrole nitrogens is 1. The summed E-state index contributed by atoms with van der Waals surface area (Å²) in [6.45, 7) is 7.89. The fraction of sp³-hybridized carbons (Fsp3) is 0.333. The molecule has 1 fully saturated rings. The van der Waals surface area contributed by atoms with Crippen LogP contribution in [0.5, 0.6) is 0 Å². The average Bonchev–Trinajstić information content (AvgIpc) is 3.24. The predicted molar refractivity (Wildman–Crippen MR) is 111 cm³/mol. The molecule has 0 saturated carbocycles. The number of primary sulfonamides is 1. The maximum Gasteiger partial charge on any atom is 0.238 e. The molecule has 3 aromatic rings. The maximum absolute atomic E-state index is 12.2. The smallest absolute Gasteiger partial charge is 0.238 e. The lowest BCUT2D eigenvalue weighted by atomic mass is 9.96. The van der Waals surface area contributed by atoms with E-state index in [0.717, 1.165) is 64.9 Å². The van der Waals surface area contributed by atoms with Crippen LogP contribution in [0, 0.1) is 20.8 Å². The van der Waals surface area contributed by atoms with Gasteiger partial charge in [0.1, 0.15) is 0 Å². The van der Waals surface area contributed by atoms with Gasteiger partial charge in [-0.3, -0.25) is 0 Å². The molecule has 0 amide bonds. The number of rotatable bonds is 3. The minimum absolute atomic E-state index is 0.205. The van der Waals surface area contributed by atoms with Crippen molar-refractivity contribution in [2.24, 2.45) is 5.14 Å². The number of para-hydroxylation sites is 1. The zero-order valence-electron chi connectivity index (χ0n) is 16.0. The molecule has 5 nitrogen and oxygen atoms in total. The van der Waals surface area contributed by atoms with Gasteiger partial charge in [0, 0.05) is 35.2 Å². The van der Waals surface area contributed by atoms with Crippen molar-refractivity contribution >= 4 is 26.6 Å². The highest BCUT2D eigenvalue weighted by Gasteiger charge is 2.27. The molecule has 0 atom stereocenters. The molecule has 0 unspecified atom stereocenters. The Labute approximate surface area is 160 Å². The number of aryl methyl sites for hydroxylation is 2. The van der Waals surface area contributed by atoms with Crippen LogP contribution in [-0.2, 0) is 10.0 Å². The third-order valence-electron chi connectivity index (χ3n) is 5.65. The minimum atomic E-state index is -3.80. The van der Waals surface area contributed by atoms with Crippen LogP contribution in [0.2, 0.25) is 0 Å². The molecular weight excluding hydrogens is 358 g/mol. The molecule has 27 heavy (non-hydrogen) atoms. The Balaban J connectivity index is 2.10. The second-order valence-electron chi connectivity index (χ2n) is 7.45. The van der Waals surface area contributed by atoms with E-state index in [1.807, 2.05) is 32.0 Å². The van der Waals surface area contributed by atoms with Crippen LogP contribution in [0.15, 0.2) is 35.2 Å². The number of nitrogens with two attached hydrogens (primary N) is 1. The Hall–Kier alpha value is -2.31. The van der Waals surface area contributed by atoms with Crippen molar-refractivity contribution in [3.8, 4) is 11.3 Å². The standard InChI is InChI=1S/C21H25N3O2S/c1-13-12-18(27(22,25)26)15(3)19(21(13)24-10-6-7-11-24)20-14(2)16-8-4-5-9-17(16)23-20/h4-5,8-9,12,23H,6-7,10-11H2,1-3H3,(H2,22,25,26). The highest BCUT2D eigenvalue weighted by Crippen LogP contribution is 2.43. The summed E-state index contributed by atoms with van der Waals surface area (Å²) < 4.78 is 24.5. The van der Waals surface area contributed by atoms with Gasteiger partial charge in [0.25, 0.3) is 0 Å². The van der Waals surface area contributed by atoms with E-state index >= 15 is 0 Å². The Kier molecular flexibility index (Phi) is 4.28. The lowest BCUT2D eigenvalue weighted by Crippen LogP contribution is -2.22. The molecule has 0 aliphatic carbocycles. The number of anilines is 1. The van der Waals surface area contributed by atoms with E-state index in [9.17, 15) is 8.42 Å². The van der Waals surface area contributed by atoms with E-state index in [1.165, 1.54) is 0 Å².